The van der Waals surface area contributed by atoms with Crippen molar-refractivity contribution in [2.75, 3.05) is 0 Å². The Labute approximate surface area is 205 Å². The first-order valence-electron chi connectivity index (χ1n) is 11.5. The molecule has 0 aromatic heterocycles. The van der Waals surface area contributed by atoms with Gasteiger partial charge < -0.3 is 32.5 Å². The van der Waals surface area contributed by atoms with Gasteiger partial charge in [0.2, 0.25) is 23.6 Å². The predicted octanol–water partition coefficient (Wildman–Crippen LogP) is -0.327. The zero-order valence-corrected chi connectivity index (χ0v) is 20.6. The van der Waals surface area contributed by atoms with Crippen LogP contribution in [0.25, 0.3) is 0 Å². The molecule has 4 atom stereocenters. The van der Waals surface area contributed by atoms with E-state index in [1.165, 1.54) is 0 Å². The van der Waals surface area contributed by atoms with Gasteiger partial charge in [0.25, 0.3) is 0 Å². The number of hydrogen-bond donors (Lipinski definition) is 6. The van der Waals surface area contributed by atoms with E-state index < -0.39 is 60.2 Å². The molecule has 4 unspecified atom stereocenters. The van der Waals surface area contributed by atoms with Crippen molar-refractivity contribution in [3.05, 3.63) is 35.9 Å². The lowest BCUT2D eigenvalue weighted by Crippen LogP contribution is -2.59. The van der Waals surface area contributed by atoms with Crippen LogP contribution in [0, 0.1) is 11.8 Å². The van der Waals surface area contributed by atoms with Crippen molar-refractivity contribution < 1.29 is 29.1 Å². The van der Waals surface area contributed by atoms with Gasteiger partial charge in [0.15, 0.2) is 0 Å². The van der Waals surface area contributed by atoms with E-state index in [-0.39, 0.29) is 24.7 Å². The third kappa shape index (κ3) is 10.6. The van der Waals surface area contributed by atoms with E-state index in [2.05, 4.69) is 16.0 Å². The minimum absolute atomic E-state index is 0.0267. The van der Waals surface area contributed by atoms with Gasteiger partial charge in [-0.1, -0.05) is 58.0 Å². The van der Waals surface area contributed by atoms with Crippen molar-refractivity contribution in [1.29, 1.82) is 0 Å². The highest BCUT2D eigenvalue weighted by molar-refractivity contribution is 5.96. The van der Waals surface area contributed by atoms with Gasteiger partial charge in [-0.05, 0) is 30.2 Å². The second-order valence-corrected chi connectivity index (χ2v) is 9.29. The van der Waals surface area contributed by atoms with Crippen molar-refractivity contribution >= 4 is 29.6 Å². The molecule has 35 heavy (non-hydrogen) atoms. The number of carboxylic acid groups (broad SMARTS) is 1. The van der Waals surface area contributed by atoms with E-state index in [1.54, 1.807) is 27.7 Å². The third-order valence-electron chi connectivity index (χ3n) is 5.24. The van der Waals surface area contributed by atoms with Crippen LogP contribution >= 0.6 is 0 Å². The highest BCUT2D eigenvalue weighted by Gasteiger charge is 2.32. The molecular weight excluding hydrogens is 454 g/mol. The Hall–Kier alpha value is -3.47. The minimum Gasteiger partial charge on any atom is -0.480 e. The van der Waals surface area contributed by atoms with Crippen LogP contribution < -0.4 is 27.4 Å². The van der Waals surface area contributed by atoms with Crippen molar-refractivity contribution in [2.24, 2.45) is 23.3 Å². The molecule has 1 aromatic rings. The number of carbonyl (C=O) groups excluding carboxylic acids is 4. The average Bonchev–Trinajstić information content (AvgIpc) is 2.75. The maximum Gasteiger partial charge on any atom is 0.326 e. The van der Waals surface area contributed by atoms with Crippen molar-refractivity contribution in [2.45, 2.75) is 71.1 Å². The molecule has 0 radical (unpaired) electrons. The SMILES string of the molecule is CC(C)CC(NC(=O)C(CC(N)=O)NC(=O)C(NC(=O)C(N)Cc1ccccc1)C(C)C)C(=O)O. The molecule has 1 aromatic carbocycles. The summed E-state index contributed by atoms with van der Waals surface area (Å²) in [6.07, 6.45) is -0.127. The van der Waals surface area contributed by atoms with E-state index >= 15 is 0 Å². The molecule has 0 fully saturated rings. The first-order valence-corrected chi connectivity index (χ1v) is 11.5. The Morgan fingerprint density at radius 1 is 0.857 bits per heavy atom. The number of benzene rings is 1. The summed E-state index contributed by atoms with van der Waals surface area (Å²) < 4.78 is 0. The van der Waals surface area contributed by atoms with E-state index in [0.29, 0.717) is 0 Å². The smallest absolute Gasteiger partial charge is 0.326 e. The molecule has 11 heteroatoms. The predicted molar refractivity (Wildman–Crippen MR) is 130 cm³/mol. The lowest BCUT2D eigenvalue weighted by Gasteiger charge is -2.27. The number of rotatable bonds is 14. The average molecular weight is 492 g/mol. The number of hydrogen-bond acceptors (Lipinski definition) is 6. The zero-order valence-electron chi connectivity index (χ0n) is 20.6. The second kappa shape index (κ2) is 14.1. The Bertz CT molecular complexity index is 890. The van der Waals surface area contributed by atoms with Crippen LogP contribution in [0.4, 0.5) is 0 Å². The Morgan fingerprint density at radius 3 is 1.91 bits per heavy atom. The maximum atomic E-state index is 13.0. The van der Waals surface area contributed by atoms with Gasteiger partial charge in [0, 0.05) is 0 Å². The minimum atomic E-state index is -1.41. The first-order chi connectivity index (χ1) is 16.3. The van der Waals surface area contributed by atoms with E-state index in [1.807, 2.05) is 30.3 Å². The molecule has 11 nitrogen and oxygen atoms in total. The van der Waals surface area contributed by atoms with Crippen LogP contribution in [0.2, 0.25) is 0 Å². The van der Waals surface area contributed by atoms with Crippen LogP contribution in [0.1, 0.15) is 46.1 Å². The highest BCUT2D eigenvalue weighted by atomic mass is 16.4. The maximum absolute atomic E-state index is 13.0. The number of nitrogens with one attached hydrogen (secondary N) is 3. The van der Waals surface area contributed by atoms with Crippen LogP contribution in [0.3, 0.4) is 0 Å². The summed E-state index contributed by atoms with van der Waals surface area (Å²) in [5.74, 6) is -4.65. The van der Waals surface area contributed by atoms with E-state index in [4.69, 9.17) is 11.5 Å². The van der Waals surface area contributed by atoms with Gasteiger partial charge in [-0.2, -0.15) is 0 Å². The number of aliphatic carboxylic acids is 1. The van der Waals surface area contributed by atoms with Crippen LogP contribution in [0.5, 0.6) is 0 Å². The quantitative estimate of drug-likeness (QED) is 0.205. The Morgan fingerprint density at radius 2 is 1.43 bits per heavy atom. The first kappa shape index (κ1) is 29.6. The third-order valence-corrected chi connectivity index (χ3v) is 5.24. The molecule has 0 aliphatic carbocycles. The second-order valence-electron chi connectivity index (χ2n) is 9.29. The highest BCUT2D eigenvalue weighted by Crippen LogP contribution is 2.08. The molecule has 194 valence electrons. The fourth-order valence-electron chi connectivity index (χ4n) is 3.39. The summed E-state index contributed by atoms with van der Waals surface area (Å²) in [5.41, 5.74) is 12.1. The van der Waals surface area contributed by atoms with Gasteiger partial charge in [0.1, 0.15) is 18.1 Å². The number of primary amides is 1. The van der Waals surface area contributed by atoms with Gasteiger partial charge in [-0.25, -0.2) is 4.79 Å². The molecule has 0 bridgehead atoms. The van der Waals surface area contributed by atoms with E-state index in [0.717, 1.165) is 5.56 Å². The molecule has 0 aliphatic rings. The summed E-state index contributed by atoms with van der Waals surface area (Å²) in [6, 6.07) is 4.56. The molecule has 0 aliphatic heterocycles. The molecule has 0 spiro atoms. The molecule has 0 saturated carbocycles. The number of carboxylic acids is 1. The molecule has 1 rings (SSSR count). The summed E-state index contributed by atoms with van der Waals surface area (Å²) in [4.78, 5) is 61.4. The van der Waals surface area contributed by atoms with Crippen LogP contribution in [0.15, 0.2) is 30.3 Å². The van der Waals surface area contributed by atoms with Crippen molar-refractivity contribution in [1.82, 2.24) is 16.0 Å². The number of carbonyl (C=O) groups is 5. The fourth-order valence-corrected chi connectivity index (χ4v) is 3.39. The Kier molecular flexibility index (Phi) is 11.9. The molecular formula is C24H37N5O6. The lowest BCUT2D eigenvalue weighted by atomic mass is 10.00. The number of amides is 4. The monoisotopic (exact) mass is 491 g/mol. The molecule has 0 heterocycles. The Balaban J connectivity index is 2.93. The molecule has 8 N–H and O–H groups in total. The van der Waals surface area contributed by atoms with Gasteiger partial charge in [-0.3, -0.25) is 19.2 Å². The molecule has 0 saturated heterocycles. The van der Waals surface area contributed by atoms with Gasteiger partial charge in [0.05, 0.1) is 12.5 Å². The van der Waals surface area contributed by atoms with Gasteiger partial charge in [-0.15, -0.1) is 0 Å². The number of nitrogens with two attached hydrogens (primary N) is 2. The van der Waals surface area contributed by atoms with Crippen LogP contribution in [-0.4, -0.2) is 58.9 Å². The normalized spacial score (nSPS) is 14.5. The zero-order chi connectivity index (χ0) is 26.7. The summed E-state index contributed by atoms with van der Waals surface area (Å²) in [5, 5.41) is 16.7. The lowest BCUT2D eigenvalue weighted by molar-refractivity contribution is -0.143. The van der Waals surface area contributed by atoms with Gasteiger partial charge >= 0.3 is 5.97 Å². The summed E-state index contributed by atoms with van der Waals surface area (Å²) in [6.45, 7) is 6.98. The van der Waals surface area contributed by atoms with Crippen molar-refractivity contribution in [3.63, 3.8) is 0 Å². The van der Waals surface area contributed by atoms with Crippen LogP contribution in [-0.2, 0) is 30.4 Å². The summed E-state index contributed by atoms with van der Waals surface area (Å²) >= 11 is 0. The summed E-state index contributed by atoms with van der Waals surface area (Å²) in [7, 11) is 0. The topological polar surface area (TPSA) is 194 Å². The fraction of sp³-hybridized carbons (Fsp3) is 0.542. The van der Waals surface area contributed by atoms with E-state index in [9.17, 15) is 29.1 Å². The van der Waals surface area contributed by atoms with Crippen molar-refractivity contribution in [3.8, 4) is 0 Å². The molecule has 4 amide bonds. The standard InChI is InChI=1S/C24H37N5O6/c1-13(2)10-18(24(34)35)28-22(32)17(12-19(26)30)27-23(33)20(14(3)4)29-21(31)16(25)11-15-8-6-5-7-9-15/h5-9,13-14,16-18,20H,10-12,25H2,1-4H3,(H2,26,30)(H,27,33)(H,28,32)(H,29,31)(H,34,35). The largest absolute Gasteiger partial charge is 0.480 e.